The first-order chi connectivity index (χ1) is 10.0. The smallest absolute Gasteiger partial charge is 0.285 e. The van der Waals surface area contributed by atoms with Gasteiger partial charge in [-0.1, -0.05) is 13.8 Å². The fourth-order valence-electron chi connectivity index (χ4n) is 1.69. The van der Waals surface area contributed by atoms with Crippen molar-refractivity contribution in [2.75, 3.05) is 0 Å². The summed E-state index contributed by atoms with van der Waals surface area (Å²) in [4.78, 5) is 35.8. The molecule has 0 saturated carbocycles. The Hall–Kier alpha value is -2.70. The van der Waals surface area contributed by atoms with Gasteiger partial charge in [0.1, 0.15) is 5.52 Å². The molecule has 0 aliphatic carbocycles. The number of nitro groups is 1. The van der Waals surface area contributed by atoms with Crippen LogP contribution in [0, 0.1) is 16.0 Å². The zero-order valence-corrected chi connectivity index (χ0v) is 11.6. The summed E-state index contributed by atoms with van der Waals surface area (Å²) < 4.78 is 0. The molecule has 7 heteroatoms. The Morgan fingerprint density at radius 2 is 2.19 bits per heavy atom. The molecule has 21 heavy (non-hydrogen) atoms. The van der Waals surface area contributed by atoms with Crippen LogP contribution in [-0.2, 0) is 9.68 Å². The largest absolute Gasteiger partial charge is 0.358 e. The van der Waals surface area contributed by atoms with E-state index in [0.717, 1.165) is 0 Å². The van der Waals surface area contributed by atoms with Crippen molar-refractivity contribution < 1.29 is 19.5 Å². The SMILES string of the molecule is CCC(C)C(=O)OOc1ccc([N+](=O)[O-])c2cccnc12. The van der Waals surface area contributed by atoms with Crippen LogP contribution in [0.1, 0.15) is 20.3 Å². The highest BCUT2D eigenvalue weighted by Gasteiger charge is 2.19. The maximum Gasteiger partial charge on any atom is 0.358 e. The zero-order chi connectivity index (χ0) is 15.4. The molecule has 7 nitrogen and oxygen atoms in total. The summed E-state index contributed by atoms with van der Waals surface area (Å²) in [7, 11) is 0. The van der Waals surface area contributed by atoms with Crippen LogP contribution in [0.15, 0.2) is 30.5 Å². The van der Waals surface area contributed by atoms with Gasteiger partial charge >= 0.3 is 5.97 Å². The minimum Gasteiger partial charge on any atom is -0.285 e. The Labute approximate surface area is 120 Å². The summed E-state index contributed by atoms with van der Waals surface area (Å²) in [6.45, 7) is 3.58. The molecular weight excluding hydrogens is 276 g/mol. The summed E-state index contributed by atoms with van der Waals surface area (Å²) in [5.41, 5.74) is 0.183. The molecule has 1 aromatic heterocycles. The lowest BCUT2D eigenvalue weighted by atomic mass is 10.1. The number of benzene rings is 1. The van der Waals surface area contributed by atoms with Crippen molar-refractivity contribution in [3.63, 3.8) is 0 Å². The third-order valence-electron chi connectivity index (χ3n) is 3.13. The van der Waals surface area contributed by atoms with E-state index in [0.29, 0.717) is 11.8 Å². The molecular formula is C14H14N2O5. The number of fused-ring (bicyclic) bond motifs is 1. The highest BCUT2D eigenvalue weighted by Crippen LogP contribution is 2.31. The molecule has 0 fully saturated rings. The summed E-state index contributed by atoms with van der Waals surface area (Å²) in [6.07, 6.45) is 2.11. The third-order valence-corrected chi connectivity index (χ3v) is 3.13. The first kappa shape index (κ1) is 14.7. The molecule has 1 unspecified atom stereocenters. The van der Waals surface area contributed by atoms with Crippen LogP contribution in [0.2, 0.25) is 0 Å². The van der Waals surface area contributed by atoms with Crippen LogP contribution in [0.4, 0.5) is 5.69 Å². The minimum absolute atomic E-state index is 0.0845. The van der Waals surface area contributed by atoms with Crippen molar-refractivity contribution >= 4 is 22.6 Å². The molecule has 0 N–H and O–H groups in total. The quantitative estimate of drug-likeness (QED) is 0.477. The lowest BCUT2D eigenvalue weighted by molar-refractivity contribution is -0.383. The predicted molar refractivity (Wildman–Crippen MR) is 74.6 cm³/mol. The van der Waals surface area contributed by atoms with Crippen molar-refractivity contribution in [3.8, 4) is 5.75 Å². The molecule has 0 spiro atoms. The first-order valence-electron chi connectivity index (χ1n) is 6.45. The molecule has 0 amide bonds. The van der Waals surface area contributed by atoms with Gasteiger partial charge in [0.15, 0.2) is 0 Å². The van der Waals surface area contributed by atoms with Gasteiger partial charge in [0, 0.05) is 12.3 Å². The fourth-order valence-corrected chi connectivity index (χ4v) is 1.69. The van der Waals surface area contributed by atoms with Gasteiger partial charge in [0.25, 0.3) is 5.69 Å². The Morgan fingerprint density at radius 3 is 2.86 bits per heavy atom. The van der Waals surface area contributed by atoms with Gasteiger partial charge in [0.05, 0.1) is 16.2 Å². The van der Waals surface area contributed by atoms with Crippen LogP contribution >= 0.6 is 0 Å². The molecule has 0 saturated heterocycles. The monoisotopic (exact) mass is 290 g/mol. The molecule has 2 rings (SSSR count). The topological polar surface area (TPSA) is 91.6 Å². The summed E-state index contributed by atoms with van der Waals surface area (Å²) in [5, 5.41) is 11.3. The summed E-state index contributed by atoms with van der Waals surface area (Å²) in [6, 6.07) is 5.79. The van der Waals surface area contributed by atoms with E-state index in [4.69, 9.17) is 9.78 Å². The van der Waals surface area contributed by atoms with E-state index in [1.165, 1.54) is 18.3 Å². The Balaban J connectivity index is 2.32. The van der Waals surface area contributed by atoms with Crippen LogP contribution in [0.25, 0.3) is 10.9 Å². The van der Waals surface area contributed by atoms with E-state index in [2.05, 4.69) is 4.98 Å². The van der Waals surface area contributed by atoms with Crippen LogP contribution in [0.5, 0.6) is 5.75 Å². The van der Waals surface area contributed by atoms with E-state index >= 15 is 0 Å². The zero-order valence-electron chi connectivity index (χ0n) is 11.6. The highest BCUT2D eigenvalue weighted by atomic mass is 17.2. The number of carbonyl (C=O) groups excluding carboxylic acids is 1. The van der Waals surface area contributed by atoms with E-state index in [-0.39, 0.29) is 22.9 Å². The lowest BCUT2D eigenvalue weighted by Gasteiger charge is -2.09. The second kappa shape index (κ2) is 6.17. The number of carbonyl (C=O) groups is 1. The average Bonchev–Trinajstić information content (AvgIpc) is 2.51. The van der Waals surface area contributed by atoms with E-state index < -0.39 is 10.9 Å². The predicted octanol–water partition coefficient (Wildman–Crippen LogP) is 3.03. The van der Waals surface area contributed by atoms with Gasteiger partial charge in [-0.15, -0.1) is 0 Å². The Kier molecular flexibility index (Phi) is 4.32. The van der Waals surface area contributed by atoms with E-state index in [9.17, 15) is 14.9 Å². The van der Waals surface area contributed by atoms with Gasteiger partial charge in [-0.2, -0.15) is 0 Å². The Morgan fingerprint density at radius 1 is 1.43 bits per heavy atom. The van der Waals surface area contributed by atoms with Crippen molar-refractivity contribution in [2.45, 2.75) is 20.3 Å². The van der Waals surface area contributed by atoms with E-state index in [1.807, 2.05) is 6.92 Å². The highest BCUT2D eigenvalue weighted by molar-refractivity contribution is 5.92. The third kappa shape index (κ3) is 3.07. The number of hydrogen-bond acceptors (Lipinski definition) is 6. The normalized spacial score (nSPS) is 11.9. The van der Waals surface area contributed by atoms with Crippen LogP contribution in [-0.4, -0.2) is 15.9 Å². The van der Waals surface area contributed by atoms with Crippen molar-refractivity contribution in [2.24, 2.45) is 5.92 Å². The number of hydrogen-bond donors (Lipinski definition) is 0. The number of rotatable bonds is 5. The van der Waals surface area contributed by atoms with Crippen molar-refractivity contribution in [3.05, 3.63) is 40.6 Å². The molecule has 1 aromatic carbocycles. The van der Waals surface area contributed by atoms with Gasteiger partial charge in [-0.3, -0.25) is 24.9 Å². The van der Waals surface area contributed by atoms with Crippen molar-refractivity contribution in [1.29, 1.82) is 0 Å². The van der Waals surface area contributed by atoms with Gasteiger partial charge in [0.2, 0.25) is 5.75 Å². The first-order valence-corrected chi connectivity index (χ1v) is 6.45. The molecule has 110 valence electrons. The maximum absolute atomic E-state index is 11.6. The molecule has 0 radical (unpaired) electrons. The number of non-ortho nitro benzene ring substituents is 1. The molecule has 1 atom stereocenters. The number of pyridine rings is 1. The molecule has 0 bridgehead atoms. The van der Waals surface area contributed by atoms with Crippen LogP contribution in [0.3, 0.4) is 0 Å². The summed E-state index contributed by atoms with van der Waals surface area (Å²) >= 11 is 0. The average molecular weight is 290 g/mol. The molecule has 1 heterocycles. The van der Waals surface area contributed by atoms with Gasteiger partial charge < -0.3 is 0 Å². The van der Waals surface area contributed by atoms with Crippen LogP contribution < -0.4 is 4.89 Å². The maximum atomic E-state index is 11.6. The fraction of sp³-hybridized carbons (Fsp3) is 0.286. The van der Waals surface area contributed by atoms with Gasteiger partial charge in [-0.05, 0) is 24.6 Å². The standard InChI is InChI=1S/C14H14N2O5/c1-3-9(2)14(17)21-20-12-7-6-11(16(18)19)10-5-4-8-15-13(10)12/h4-9H,3H2,1-2H3. The van der Waals surface area contributed by atoms with Crippen molar-refractivity contribution in [1.82, 2.24) is 4.98 Å². The lowest BCUT2D eigenvalue weighted by Crippen LogP contribution is -2.16. The second-order valence-electron chi connectivity index (χ2n) is 4.53. The number of nitrogens with zero attached hydrogens (tertiary/aromatic N) is 2. The summed E-state index contributed by atoms with van der Waals surface area (Å²) in [5.74, 6) is -0.630. The molecule has 0 aliphatic heterocycles. The number of aromatic nitrogens is 1. The van der Waals surface area contributed by atoms with E-state index in [1.54, 1.807) is 19.1 Å². The van der Waals surface area contributed by atoms with Gasteiger partial charge in [-0.25, -0.2) is 4.79 Å². The number of nitro benzene ring substituents is 1. The Bertz CT molecular complexity index is 686. The second-order valence-corrected chi connectivity index (χ2v) is 4.53. The molecule has 2 aromatic rings. The minimum atomic E-state index is -0.501. The molecule has 0 aliphatic rings.